The second-order valence-corrected chi connectivity index (χ2v) is 29.4. The number of pyridine rings is 3. The Labute approximate surface area is 527 Å². The Kier molecular flexibility index (Phi) is 18.0. The number of hydrogen-bond donors (Lipinski definition) is 7. The summed E-state index contributed by atoms with van der Waals surface area (Å²) in [6, 6.07) is 25.4. The number of hydrogen-bond acceptors (Lipinski definition) is 20. The maximum atomic E-state index is 9.51. The number of nitrogen functional groups attached to an aromatic ring is 1. The first kappa shape index (κ1) is 61.4. The van der Waals surface area contributed by atoms with E-state index in [4.69, 9.17) is 36.2 Å². The highest BCUT2D eigenvalue weighted by atomic mass is 79.9. The highest BCUT2D eigenvalue weighted by Gasteiger charge is 2.44. The van der Waals surface area contributed by atoms with Gasteiger partial charge in [0.15, 0.2) is 12.5 Å². The van der Waals surface area contributed by atoms with Crippen LogP contribution in [-0.4, -0.2) is 88.6 Å². The fraction of sp³-hybridized carbons (Fsp3) is 0.476. The lowest BCUT2D eigenvalue weighted by Crippen LogP contribution is -2.26. The van der Waals surface area contributed by atoms with Crippen LogP contribution in [0.5, 0.6) is 0 Å². The van der Waals surface area contributed by atoms with Crippen LogP contribution in [-0.2, 0) is 9.47 Å². The molecule has 454 valence electrons. The molecule has 9 aromatic rings. The molecular formula is C63H75BrN18O2S3. The van der Waals surface area contributed by atoms with Gasteiger partial charge >= 0.3 is 0 Å². The number of thiophene rings is 3. The smallest absolute Gasteiger partial charge is 0.150 e. The molecule has 87 heavy (non-hydrogen) atoms. The van der Waals surface area contributed by atoms with Gasteiger partial charge in [0.25, 0.3) is 0 Å². The van der Waals surface area contributed by atoms with Crippen LogP contribution >= 0.6 is 49.9 Å². The highest BCUT2D eigenvalue weighted by molar-refractivity contribution is 9.10. The number of nitriles is 3. The normalized spacial score (nSPS) is 18.7. The first-order valence-corrected chi connectivity index (χ1v) is 33.1. The Bertz CT molecular complexity index is 3990. The molecule has 24 heteroatoms. The van der Waals surface area contributed by atoms with Gasteiger partial charge in [-0.25, -0.2) is 24.3 Å². The van der Waals surface area contributed by atoms with Crippen molar-refractivity contribution >= 4 is 109 Å². The maximum absolute atomic E-state index is 9.51. The van der Waals surface area contributed by atoms with Gasteiger partial charge in [-0.05, 0) is 177 Å². The molecular weight excluding hydrogens is 1220 g/mol. The third kappa shape index (κ3) is 14.9. The molecule has 5 aliphatic rings. The van der Waals surface area contributed by atoms with E-state index in [0.29, 0.717) is 25.5 Å². The maximum Gasteiger partial charge on any atom is 0.150 e. The topological polar surface area (TPSA) is 293 Å². The molecule has 0 bridgehead atoms. The van der Waals surface area contributed by atoms with Gasteiger partial charge in [-0.1, -0.05) is 0 Å². The van der Waals surface area contributed by atoms with Crippen LogP contribution < -0.4 is 32.7 Å². The van der Waals surface area contributed by atoms with E-state index >= 15 is 0 Å². The number of nitrogens with two attached hydrogens (primary N) is 2. The Morgan fingerprint density at radius 2 is 1.09 bits per heavy atom. The highest BCUT2D eigenvalue weighted by Crippen LogP contribution is 2.48. The average molecular weight is 1290 g/mol. The number of ether oxygens (including phenoxy) is 2. The summed E-state index contributed by atoms with van der Waals surface area (Å²) < 4.78 is 20.3. The number of H-pyrrole nitrogens is 1. The lowest BCUT2D eigenvalue weighted by Gasteiger charge is -2.24. The minimum Gasteiger partial charge on any atom is -0.384 e. The quantitative estimate of drug-likeness (QED) is 0.0532. The van der Waals surface area contributed by atoms with Crippen LogP contribution in [0.2, 0.25) is 0 Å². The Hall–Kier alpha value is -7.21. The zero-order valence-electron chi connectivity index (χ0n) is 50.1. The SMILES string of the molecule is CC(C)(C)Nc1cc(Br)c2sc(-c3ccnn3C3CCCCO3)cc2n1.CC(C)(C)Nc1cc(NCC2(C#N)CC2)c2sc(-c3ccnn3C3CCCCO3)cc2n1.N#CC1(CN)CC1.N#CC1(CNc2cc(N)nc3cc(-c4ccn[nH]4)sc23)CC1. The molecule has 0 amide bonds. The summed E-state index contributed by atoms with van der Waals surface area (Å²) in [5.41, 5.74) is 18.4. The van der Waals surface area contributed by atoms with Crippen LogP contribution in [0.25, 0.3) is 62.4 Å². The van der Waals surface area contributed by atoms with E-state index in [1.165, 1.54) is 6.42 Å². The molecule has 0 spiro atoms. The second-order valence-electron chi connectivity index (χ2n) is 25.4. The molecule has 20 nitrogen and oxygen atoms in total. The van der Waals surface area contributed by atoms with Gasteiger partial charge in [-0.15, -0.1) is 34.0 Å². The van der Waals surface area contributed by atoms with Crippen molar-refractivity contribution in [1.29, 1.82) is 15.8 Å². The molecule has 0 aromatic carbocycles. The molecule has 14 rings (SSSR count). The molecule has 3 aliphatic carbocycles. The summed E-state index contributed by atoms with van der Waals surface area (Å²) in [6.07, 6.45) is 17.9. The molecule has 3 saturated carbocycles. The van der Waals surface area contributed by atoms with Crippen molar-refractivity contribution in [2.45, 2.75) is 142 Å². The van der Waals surface area contributed by atoms with E-state index in [9.17, 15) is 10.5 Å². The number of rotatable bonds is 14. The summed E-state index contributed by atoms with van der Waals surface area (Å²) in [4.78, 5) is 17.5. The third-order valence-electron chi connectivity index (χ3n) is 15.8. The molecule has 2 atom stereocenters. The molecule has 0 radical (unpaired) electrons. The van der Waals surface area contributed by atoms with Gasteiger partial charge < -0.3 is 42.2 Å². The number of fused-ring (bicyclic) bond motifs is 3. The molecule has 2 unspecified atom stereocenters. The summed E-state index contributed by atoms with van der Waals surface area (Å²) in [5.74, 6) is 2.19. The summed E-state index contributed by atoms with van der Waals surface area (Å²) >= 11 is 8.79. The van der Waals surface area contributed by atoms with E-state index in [1.54, 1.807) is 40.2 Å². The van der Waals surface area contributed by atoms with Crippen molar-refractivity contribution in [3.8, 4) is 49.9 Å². The zero-order valence-corrected chi connectivity index (χ0v) is 54.1. The van der Waals surface area contributed by atoms with Crippen LogP contribution in [0.3, 0.4) is 0 Å². The van der Waals surface area contributed by atoms with E-state index in [1.807, 2.05) is 40.0 Å². The summed E-state index contributed by atoms with van der Waals surface area (Å²) in [5, 5.41) is 57.0. The van der Waals surface area contributed by atoms with Gasteiger partial charge in [0.1, 0.15) is 17.5 Å². The zero-order chi connectivity index (χ0) is 61.1. The monoisotopic (exact) mass is 1290 g/mol. The van der Waals surface area contributed by atoms with Crippen molar-refractivity contribution in [2.75, 3.05) is 59.8 Å². The number of aromatic nitrogens is 9. The minimum atomic E-state index is -0.218. The molecule has 9 N–H and O–H groups in total. The van der Waals surface area contributed by atoms with Crippen LogP contribution in [0.15, 0.2) is 77.7 Å². The lowest BCUT2D eigenvalue weighted by atomic mass is 10.1. The lowest BCUT2D eigenvalue weighted by molar-refractivity contribution is -0.0384. The number of nitrogens with one attached hydrogen (secondary N) is 5. The molecule has 11 heterocycles. The van der Waals surface area contributed by atoms with Crippen molar-refractivity contribution in [3.05, 3.63) is 77.7 Å². The van der Waals surface area contributed by atoms with Gasteiger partial charge in [-0.2, -0.15) is 31.1 Å². The fourth-order valence-electron chi connectivity index (χ4n) is 10.3. The van der Waals surface area contributed by atoms with Gasteiger partial charge in [0.05, 0.1) is 108 Å². The first-order valence-electron chi connectivity index (χ1n) is 29.8. The number of halogens is 1. The van der Waals surface area contributed by atoms with E-state index in [0.717, 1.165) is 174 Å². The van der Waals surface area contributed by atoms with E-state index < -0.39 is 0 Å². The van der Waals surface area contributed by atoms with Gasteiger partial charge in [-0.3, -0.25) is 5.10 Å². The molecule has 2 saturated heterocycles. The van der Waals surface area contributed by atoms with Crippen LogP contribution in [0.1, 0.15) is 131 Å². The second kappa shape index (κ2) is 25.5. The Balaban J connectivity index is 0.000000130. The number of nitrogens with zero attached hydrogens (tertiary/aromatic N) is 11. The summed E-state index contributed by atoms with van der Waals surface area (Å²) in [6.45, 7) is 16.2. The largest absolute Gasteiger partial charge is 0.384 e. The summed E-state index contributed by atoms with van der Waals surface area (Å²) in [7, 11) is 0. The van der Waals surface area contributed by atoms with E-state index in [2.05, 4.69) is 159 Å². The van der Waals surface area contributed by atoms with Crippen molar-refractivity contribution in [2.24, 2.45) is 22.0 Å². The number of aromatic amines is 1. The molecule has 5 fully saturated rings. The fourth-order valence-corrected chi connectivity index (χ4v) is 14.2. The minimum absolute atomic E-state index is 0.00649. The third-order valence-corrected chi connectivity index (χ3v) is 20.2. The predicted molar refractivity (Wildman–Crippen MR) is 353 cm³/mol. The molecule has 2 aliphatic heterocycles. The Morgan fingerprint density at radius 1 is 0.621 bits per heavy atom. The van der Waals surface area contributed by atoms with Crippen LogP contribution in [0, 0.1) is 50.2 Å². The predicted octanol–water partition coefficient (Wildman–Crippen LogP) is 14.8. The van der Waals surface area contributed by atoms with Crippen molar-refractivity contribution in [1.82, 2.24) is 44.7 Å². The van der Waals surface area contributed by atoms with Gasteiger partial charge in [0.2, 0.25) is 0 Å². The van der Waals surface area contributed by atoms with Crippen molar-refractivity contribution < 1.29 is 9.47 Å². The van der Waals surface area contributed by atoms with Gasteiger partial charge in [0, 0.05) is 79.1 Å². The standard InChI is InChI=1S/C24H30N6OS.C19H23BrN4OS.C15H14N6S.C5H8N2/c1-23(2,3)29-20-13-16(26-15-24(14-25)8-9-24)22-17(28-20)12-19(32-22)18-7-10-27-30(18)21-6-4-5-11-31-21;1-19(2,3)23-16-10-12(20)18-13(22-16)11-15(26-18)14-7-8-21-24(14)17-6-4-5-9-25-17;16-7-15(2-3-15)8-18-10-6-13(17)20-11-5-12(22-14(10)11)9-1-4-19-21-9;6-3-5(4-7)1-2-5/h7,10,12-13,21H,4-6,8-9,11,15H2,1-3H3,(H2,26,28,29);7-8,10-11,17H,4-6,9H2,1-3H3,(H,22,23);1,4-6H,2-3,8H2,(H,19,21)(H3,17,18,20);1-3,6H2. The number of anilines is 5. The van der Waals surface area contributed by atoms with E-state index in [-0.39, 0.29) is 39.8 Å². The average Bonchev–Trinajstić information content (AvgIpc) is 3.48. The van der Waals surface area contributed by atoms with Crippen molar-refractivity contribution in [3.63, 3.8) is 0 Å². The Morgan fingerprint density at radius 3 is 1.54 bits per heavy atom. The molecule has 9 aromatic heterocycles. The first-order chi connectivity index (χ1) is 41.8. The van der Waals surface area contributed by atoms with Crippen LogP contribution in [0.4, 0.5) is 28.8 Å².